The lowest BCUT2D eigenvalue weighted by Gasteiger charge is -2.07. The van der Waals surface area contributed by atoms with Gasteiger partial charge >= 0.3 is 17.9 Å². The predicted octanol–water partition coefficient (Wildman–Crippen LogP) is 5.45. The number of ketones is 1. The number of aliphatic carboxylic acids is 3. The molecule has 0 aliphatic rings. The molecular formula is C11H8Cl10O7. The monoisotopic (exact) mass is 602 g/mol. The van der Waals surface area contributed by atoms with Crippen molar-refractivity contribution in [3.05, 3.63) is 10.1 Å². The van der Waals surface area contributed by atoms with Gasteiger partial charge in [-0.25, -0.2) is 14.4 Å². The van der Waals surface area contributed by atoms with Gasteiger partial charge in [-0.2, -0.15) is 0 Å². The van der Waals surface area contributed by atoms with E-state index in [2.05, 4.69) is 0 Å². The Labute approximate surface area is 208 Å². The third kappa shape index (κ3) is 15.5. The van der Waals surface area contributed by atoms with Gasteiger partial charge in [0.25, 0.3) is 3.79 Å². The number of Topliss-reactive ketones (excluding diaryl/α,β-unsaturated/α-hetero) is 1. The van der Waals surface area contributed by atoms with Gasteiger partial charge in [0.2, 0.25) is 14.4 Å². The molecule has 0 unspecified atom stereocenters. The fourth-order valence-electron chi connectivity index (χ4n) is 0.375. The SMILES string of the molecule is CC(Cl)(Cl)C(=O)O.O=C(O)/C(Cl)=C(\Cl)C(=O)C(Cl)(Cl)Cl.O=C(O)C(Cl)(Cl)CCl. The van der Waals surface area contributed by atoms with E-state index in [1.165, 1.54) is 6.92 Å². The molecular weight excluding hydrogens is 599 g/mol. The molecule has 0 saturated heterocycles. The highest BCUT2D eigenvalue weighted by Gasteiger charge is 2.35. The molecule has 17 heteroatoms. The number of carboxylic acid groups (broad SMARTS) is 3. The summed E-state index contributed by atoms with van der Waals surface area (Å²) in [6.45, 7) is 1.19. The molecule has 0 rings (SSSR count). The van der Waals surface area contributed by atoms with E-state index in [1.54, 1.807) is 0 Å². The van der Waals surface area contributed by atoms with Crippen LogP contribution in [-0.2, 0) is 19.2 Å². The smallest absolute Gasteiger partial charge is 0.348 e. The number of hydrogen-bond donors (Lipinski definition) is 3. The lowest BCUT2D eigenvalue weighted by Crippen LogP contribution is -2.26. The molecule has 0 amide bonds. The first-order valence-electron chi connectivity index (χ1n) is 5.81. The van der Waals surface area contributed by atoms with Gasteiger partial charge in [0.1, 0.15) is 10.1 Å². The van der Waals surface area contributed by atoms with Gasteiger partial charge in [-0.1, -0.05) is 104 Å². The van der Waals surface area contributed by atoms with E-state index in [0.717, 1.165) is 0 Å². The topological polar surface area (TPSA) is 129 Å². The first-order chi connectivity index (χ1) is 12.1. The van der Waals surface area contributed by atoms with E-state index in [0.29, 0.717) is 0 Å². The minimum absolute atomic E-state index is 0.314. The molecule has 0 radical (unpaired) electrons. The van der Waals surface area contributed by atoms with Crippen molar-refractivity contribution in [2.75, 3.05) is 5.88 Å². The summed E-state index contributed by atoms with van der Waals surface area (Å²) in [6.07, 6.45) is 0. The number of halogens is 10. The predicted molar refractivity (Wildman–Crippen MR) is 112 cm³/mol. The van der Waals surface area contributed by atoms with Crippen molar-refractivity contribution in [3.63, 3.8) is 0 Å². The fraction of sp³-hybridized carbons (Fsp3) is 0.455. The van der Waals surface area contributed by atoms with E-state index < -0.39 is 46.2 Å². The van der Waals surface area contributed by atoms with Crippen molar-refractivity contribution in [1.29, 1.82) is 0 Å². The molecule has 7 nitrogen and oxygen atoms in total. The van der Waals surface area contributed by atoms with Gasteiger partial charge < -0.3 is 15.3 Å². The Morgan fingerprint density at radius 2 is 1.07 bits per heavy atom. The lowest BCUT2D eigenvalue weighted by molar-refractivity contribution is -0.138. The van der Waals surface area contributed by atoms with Crippen LogP contribution >= 0.6 is 116 Å². The Balaban J connectivity index is -0.000000359. The van der Waals surface area contributed by atoms with Crippen LogP contribution < -0.4 is 0 Å². The summed E-state index contributed by atoms with van der Waals surface area (Å²) in [4.78, 5) is 40.9. The van der Waals surface area contributed by atoms with Crippen molar-refractivity contribution in [2.24, 2.45) is 0 Å². The minimum Gasteiger partial charge on any atom is -0.479 e. The Hall–Kier alpha value is 0.720. The van der Waals surface area contributed by atoms with Gasteiger partial charge in [0.15, 0.2) is 0 Å². The van der Waals surface area contributed by atoms with Crippen LogP contribution in [0.4, 0.5) is 0 Å². The van der Waals surface area contributed by atoms with Crippen LogP contribution in [0.25, 0.3) is 0 Å². The van der Waals surface area contributed by atoms with Crippen LogP contribution in [0.15, 0.2) is 10.1 Å². The number of carbonyl (C=O) groups is 4. The molecule has 0 aliphatic heterocycles. The highest BCUT2D eigenvalue weighted by Crippen LogP contribution is 2.33. The zero-order valence-electron chi connectivity index (χ0n) is 13.0. The molecule has 0 bridgehead atoms. The van der Waals surface area contributed by atoms with Crippen LogP contribution in [0.5, 0.6) is 0 Å². The summed E-state index contributed by atoms with van der Waals surface area (Å²) in [5.41, 5.74) is 0. The average molecular weight is 607 g/mol. The molecule has 0 aliphatic carbocycles. The van der Waals surface area contributed by atoms with Crippen LogP contribution in [0.2, 0.25) is 0 Å². The van der Waals surface area contributed by atoms with Crippen molar-refractivity contribution < 1.29 is 34.5 Å². The van der Waals surface area contributed by atoms with Gasteiger partial charge in [-0.15, -0.1) is 11.6 Å². The third-order valence-electron chi connectivity index (χ3n) is 1.69. The van der Waals surface area contributed by atoms with Gasteiger partial charge in [0.05, 0.1) is 5.88 Å². The molecule has 0 atom stereocenters. The molecule has 0 heterocycles. The highest BCUT2D eigenvalue weighted by molar-refractivity contribution is 6.79. The lowest BCUT2D eigenvalue weighted by atomic mass is 10.3. The van der Waals surface area contributed by atoms with Gasteiger partial charge in [-0.3, -0.25) is 4.79 Å². The molecule has 0 aromatic rings. The molecule has 3 N–H and O–H groups in total. The van der Waals surface area contributed by atoms with Crippen molar-refractivity contribution in [2.45, 2.75) is 19.4 Å². The number of hydrogen-bond acceptors (Lipinski definition) is 4. The summed E-state index contributed by atoms with van der Waals surface area (Å²) in [5, 5.41) is 22.7. The van der Waals surface area contributed by atoms with E-state index >= 15 is 0 Å². The summed E-state index contributed by atoms with van der Waals surface area (Å²) in [7, 11) is 0. The quantitative estimate of drug-likeness (QED) is 0.281. The van der Waals surface area contributed by atoms with Crippen molar-refractivity contribution >= 4 is 140 Å². The molecule has 164 valence electrons. The van der Waals surface area contributed by atoms with Crippen molar-refractivity contribution in [3.8, 4) is 0 Å². The van der Waals surface area contributed by atoms with Crippen LogP contribution in [-0.4, -0.2) is 57.3 Å². The zero-order chi connectivity index (χ0) is 23.7. The van der Waals surface area contributed by atoms with E-state index in [1.807, 2.05) is 0 Å². The van der Waals surface area contributed by atoms with E-state index in [4.69, 9.17) is 131 Å². The highest BCUT2D eigenvalue weighted by atomic mass is 35.6. The molecule has 0 spiro atoms. The Morgan fingerprint density at radius 3 is 1.18 bits per heavy atom. The number of carbonyl (C=O) groups excluding carboxylic acids is 1. The second-order valence-corrected chi connectivity index (χ2v) is 10.6. The molecule has 28 heavy (non-hydrogen) atoms. The number of carboxylic acids is 3. The summed E-state index contributed by atoms with van der Waals surface area (Å²) >= 11 is 51.0. The van der Waals surface area contributed by atoms with Crippen LogP contribution in [0, 0.1) is 0 Å². The zero-order valence-corrected chi connectivity index (χ0v) is 20.5. The molecule has 0 saturated carbocycles. The van der Waals surface area contributed by atoms with E-state index in [-0.39, 0.29) is 5.88 Å². The molecule has 0 aromatic carbocycles. The normalized spacial score (nSPS) is 12.4. The second-order valence-electron chi connectivity index (χ2n) is 4.10. The summed E-state index contributed by atoms with van der Waals surface area (Å²) < 4.78 is -5.78. The first-order valence-corrected chi connectivity index (χ1v) is 9.75. The first kappa shape index (κ1) is 33.4. The Morgan fingerprint density at radius 1 is 0.750 bits per heavy atom. The summed E-state index contributed by atoms with van der Waals surface area (Å²) in [5.74, 6) is -5.63. The van der Waals surface area contributed by atoms with Crippen LogP contribution in [0.1, 0.15) is 6.92 Å². The van der Waals surface area contributed by atoms with Crippen LogP contribution in [0.3, 0.4) is 0 Å². The number of allylic oxidation sites excluding steroid dienone is 1. The Kier molecular flexibility index (Phi) is 16.6. The maximum absolute atomic E-state index is 11.0. The maximum atomic E-state index is 11.0. The Bertz CT molecular complexity index is 618. The number of alkyl halides is 8. The standard InChI is InChI=1S/C5HCl5O3.C3H3Cl3O2.C3H4Cl2O2/c6-1(2(7)4(12)13)3(11)5(8,9)10;4-1-3(5,6)2(7)8;1-3(4,5)2(6)7/h(H,12,13);1H2,(H,7,8);1H3,(H,6,7)/b2-1+;;. The average Bonchev–Trinajstić information content (AvgIpc) is 2.51. The van der Waals surface area contributed by atoms with Gasteiger partial charge in [-0.05, 0) is 6.92 Å². The largest absolute Gasteiger partial charge is 0.479 e. The second kappa shape index (κ2) is 13.9. The third-order valence-corrected chi connectivity index (χ3v) is 4.60. The van der Waals surface area contributed by atoms with Crippen molar-refractivity contribution in [1.82, 2.24) is 0 Å². The fourth-order valence-corrected chi connectivity index (χ4v) is 1.23. The molecule has 0 aromatic heterocycles. The summed E-state index contributed by atoms with van der Waals surface area (Å²) in [6, 6.07) is 0. The molecule has 0 fully saturated rings. The maximum Gasteiger partial charge on any atom is 0.348 e. The number of rotatable bonds is 5. The minimum atomic E-state index is -2.31. The van der Waals surface area contributed by atoms with E-state index in [9.17, 15) is 19.2 Å². The van der Waals surface area contributed by atoms with Gasteiger partial charge in [0, 0.05) is 0 Å².